The summed E-state index contributed by atoms with van der Waals surface area (Å²) in [6, 6.07) is 0. The first-order valence-electron chi connectivity index (χ1n) is 5.25. The predicted molar refractivity (Wildman–Crippen MR) is 52.9 cm³/mol. The van der Waals surface area contributed by atoms with Crippen LogP contribution in [0.15, 0.2) is 0 Å². The second-order valence-corrected chi connectivity index (χ2v) is 3.98. The highest BCUT2D eigenvalue weighted by molar-refractivity contribution is 5.76. The summed E-state index contributed by atoms with van der Waals surface area (Å²) < 4.78 is 0. The molecule has 0 aliphatic heterocycles. The minimum Gasteiger partial charge on any atom is -0.369 e. The highest BCUT2D eigenvalue weighted by Crippen LogP contribution is 2.31. The van der Waals surface area contributed by atoms with Gasteiger partial charge in [0, 0.05) is 5.92 Å². The Morgan fingerprint density at radius 2 is 1.92 bits per heavy atom. The monoisotopic (exact) mass is 184 g/mol. The molecule has 0 aromatic heterocycles. The zero-order valence-corrected chi connectivity index (χ0v) is 8.17. The van der Waals surface area contributed by atoms with E-state index in [9.17, 15) is 4.79 Å². The van der Waals surface area contributed by atoms with Crippen molar-refractivity contribution in [3.8, 4) is 0 Å². The van der Waals surface area contributed by atoms with Crippen LogP contribution >= 0.6 is 0 Å². The van der Waals surface area contributed by atoms with Gasteiger partial charge in [0.05, 0.1) is 0 Å². The summed E-state index contributed by atoms with van der Waals surface area (Å²) in [5.41, 5.74) is 10.8. The highest BCUT2D eigenvalue weighted by atomic mass is 16.1. The van der Waals surface area contributed by atoms with Crippen LogP contribution in [0.2, 0.25) is 0 Å². The number of primary amides is 1. The Bertz CT molecular complexity index is 164. The van der Waals surface area contributed by atoms with Crippen molar-refractivity contribution in [2.24, 2.45) is 23.3 Å². The summed E-state index contributed by atoms with van der Waals surface area (Å²) in [5, 5.41) is 0. The third kappa shape index (κ3) is 2.99. The Morgan fingerprint density at radius 3 is 2.38 bits per heavy atom. The lowest BCUT2D eigenvalue weighted by molar-refractivity contribution is -0.124. The average molecular weight is 184 g/mol. The average Bonchev–Trinajstić information content (AvgIpc) is 2.15. The SMILES string of the molecule is NCCC(C(N)=O)C1CCCCC1. The van der Waals surface area contributed by atoms with Gasteiger partial charge < -0.3 is 11.5 Å². The van der Waals surface area contributed by atoms with E-state index >= 15 is 0 Å². The molecule has 1 fully saturated rings. The largest absolute Gasteiger partial charge is 0.369 e. The van der Waals surface area contributed by atoms with Gasteiger partial charge in [-0.2, -0.15) is 0 Å². The van der Waals surface area contributed by atoms with Gasteiger partial charge in [0.1, 0.15) is 0 Å². The van der Waals surface area contributed by atoms with Crippen molar-refractivity contribution >= 4 is 5.91 Å². The smallest absolute Gasteiger partial charge is 0.220 e. The summed E-state index contributed by atoms with van der Waals surface area (Å²) in [7, 11) is 0. The van der Waals surface area contributed by atoms with Crippen molar-refractivity contribution < 1.29 is 4.79 Å². The standard InChI is InChI=1S/C10H20N2O/c11-7-6-9(10(12)13)8-4-2-1-3-5-8/h8-9H,1-7,11H2,(H2,12,13). The van der Waals surface area contributed by atoms with Crippen molar-refractivity contribution in [1.29, 1.82) is 0 Å². The van der Waals surface area contributed by atoms with Gasteiger partial charge in [0.25, 0.3) is 0 Å². The molecule has 0 saturated heterocycles. The maximum atomic E-state index is 11.2. The van der Waals surface area contributed by atoms with E-state index in [0.717, 1.165) is 19.3 Å². The number of hydrogen-bond acceptors (Lipinski definition) is 2. The Labute approximate surface area is 79.9 Å². The van der Waals surface area contributed by atoms with Crippen molar-refractivity contribution in [3.05, 3.63) is 0 Å². The van der Waals surface area contributed by atoms with Crippen molar-refractivity contribution in [2.75, 3.05) is 6.54 Å². The topological polar surface area (TPSA) is 69.1 Å². The fourth-order valence-corrected chi connectivity index (χ4v) is 2.33. The highest BCUT2D eigenvalue weighted by Gasteiger charge is 2.26. The van der Waals surface area contributed by atoms with E-state index < -0.39 is 0 Å². The summed E-state index contributed by atoms with van der Waals surface area (Å²) >= 11 is 0. The molecule has 3 nitrogen and oxygen atoms in total. The first-order valence-corrected chi connectivity index (χ1v) is 5.25. The summed E-state index contributed by atoms with van der Waals surface area (Å²) in [6.07, 6.45) is 6.89. The molecular weight excluding hydrogens is 164 g/mol. The van der Waals surface area contributed by atoms with E-state index in [0.29, 0.717) is 12.5 Å². The molecule has 76 valence electrons. The van der Waals surface area contributed by atoms with Crippen LogP contribution in [0, 0.1) is 11.8 Å². The van der Waals surface area contributed by atoms with E-state index in [4.69, 9.17) is 11.5 Å². The normalized spacial score (nSPS) is 21.3. The number of amides is 1. The van der Waals surface area contributed by atoms with Crippen LogP contribution in [0.3, 0.4) is 0 Å². The van der Waals surface area contributed by atoms with Gasteiger partial charge in [0.2, 0.25) is 5.91 Å². The Kier molecular flexibility index (Phi) is 4.22. The fraction of sp³-hybridized carbons (Fsp3) is 0.900. The van der Waals surface area contributed by atoms with Crippen LogP contribution in [0.1, 0.15) is 38.5 Å². The Morgan fingerprint density at radius 1 is 1.31 bits per heavy atom. The third-order valence-corrected chi connectivity index (χ3v) is 3.06. The molecule has 0 heterocycles. The van der Waals surface area contributed by atoms with Gasteiger partial charge in [-0.25, -0.2) is 0 Å². The minimum atomic E-state index is -0.155. The van der Waals surface area contributed by atoms with Gasteiger partial charge >= 0.3 is 0 Å². The second kappa shape index (κ2) is 5.22. The molecule has 1 unspecified atom stereocenters. The van der Waals surface area contributed by atoms with E-state index in [1.54, 1.807) is 0 Å². The molecule has 1 aliphatic carbocycles. The number of rotatable bonds is 4. The molecule has 13 heavy (non-hydrogen) atoms. The molecule has 0 aromatic rings. The lowest BCUT2D eigenvalue weighted by atomic mass is 9.78. The zero-order chi connectivity index (χ0) is 9.68. The van der Waals surface area contributed by atoms with Crippen molar-refractivity contribution in [2.45, 2.75) is 38.5 Å². The van der Waals surface area contributed by atoms with Crippen molar-refractivity contribution in [3.63, 3.8) is 0 Å². The first kappa shape index (κ1) is 10.5. The molecule has 1 aliphatic rings. The molecule has 1 amide bonds. The summed E-state index contributed by atoms with van der Waals surface area (Å²) in [6.45, 7) is 0.574. The zero-order valence-electron chi connectivity index (χ0n) is 8.17. The maximum absolute atomic E-state index is 11.2. The molecule has 0 bridgehead atoms. The van der Waals surface area contributed by atoms with Crippen LogP contribution in [-0.2, 0) is 4.79 Å². The van der Waals surface area contributed by atoms with Gasteiger partial charge in [-0.05, 0) is 31.7 Å². The van der Waals surface area contributed by atoms with Gasteiger partial charge in [-0.3, -0.25) is 4.79 Å². The van der Waals surface area contributed by atoms with Gasteiger partial charge in [-0.1, -0.05) is 19.3 Å². The molecule has 3 heteroatoms. The van der Waals surface area contributed by atoms with E-state index in [1.807, 2.05) is 0 Å². The maximum Gasteiger partial charge on any atom is 0.220 e. The quantitative estimate of drug-likeness (QED) is 0.684. The lowest BCUT2D eigenvalue weighted by Crippen LogP contribution is -2.32. The fourth-order valence-electron chi connectivity index (χ4n) is 2.33. The predicted octanol–water partition coefficient (Wildman–Crippen LogP) is 1.02. The molecule has 0 radical (unpaired) electrons. The molecule has 0 spiro atoms. The van der Waals surface area contributed by atoms with Gasteiger partial charge in [0.15, 0.2) is 0 Å². The first-order chi connectivity index (χ1) is 6.25. The molecule has 1 rings (SSSR count). The number of carbonyl (C=O) groups excluding carboxylic acids is 1. The third-order valence-electron chi connectivity index (χ3n) is 3.06. The number of nitrogens with two attached hydrogens (primary N) is 2. The lowest BCUT2D eigenvalue weighted by Gasteiger charge is -2.27. The molecule has 4 N–H and O–H groups in total. The van der Waals surface area contributed by atoms with Crippen LogP contribution in [0.5, 0.6) is 0 Å². The van der Waals surface area contributed by atoms with E-state index in [2.05, 4.69) is 0 Å². The van der Waals surface area contributed by atoms with Crippen LogP contribution in [0.4, 0.5) is 0 Å². The Balaban J connectivity index is 2.46. The molecule has 1 atom stereocenters. The van der Waals surface area contributed by atoms with Crippen LogP contribution in [-0.4, -0.2) is 12.5 Å². The van der Waals surface area contributed by atoms with E-state index in [1.165, 1.54) is 19.3 Å². The molecular formula is C10H20N2O. The van der Waals surface area contributed by atoms with Gasteiger partial charge in [-0.15, -0.1) is 0 Å². The van der Waals surface area contributed by atoms with Crippen molar-refractivity contribution in [1.82, 2.24) is 0 Å². The summed E-state index contributed by atoms with van der Waals surface area (Å²) in [4.78, 5) is 11.2. The Hall–Kier alpha value is -0.570. The van der Waals surface area contributed by atoms with Crippen LogP contribution in [0.25, 0.3) is 0 Å². The number of hydrogen-bond donors (Lipinski definition) is 2. The van der Waals surface area contributed by atoms with Crippen LogP contribution < -0.4 is 11.5 Å². The van der Waals surface area contributed by atoms with E-state index in [-0.39, 0.29) is 11.8 Å². The second-order valence-electron chi connectivity index (χ2n) is 3.98. The summed E-state index contributed by atoms with van der Waals surface area (Å²) in [5.74, 6) is 0.387. The molecule has 0 aromatic carbocycles. The minimum absolute atomic E-state index is 0.0327. The number of carbonyl (C=O) groups is 1. The molecule has 1 saturated carbocycles.